The van der Waals surface area contributed by atoms with E-state index < -0.39 is 0 Å². The Morgan fingerprint density at radius 1 is 1.11 bits per heavy atom. The highest BCUT2D eigenvalue weighted by molar-refractivity contribution is 8.00. The molecule has 0 bridgehead atoms. The lowest BCUT2D eigenvalue weighted by molar-refractivity contribution is -0.120. The first-order valence-corrected chi connectivity index (χ1v) is 14.2. The maximum Gasteiger partial charge on any atom is 0.268 e. The standard InChI is InChI=1S/C28H27N5O2S2/c1-17-9-8-12-20(15-17)32-25(35)23-21-13-6-7-14-22(21)37-26(23)33-27(32)30-31-28(33)36-18(2)24(34)29-16-19-10-4-3-5-11-19/h3-5,8-12,15,18H,6-7,13-14,16H2,1-2H3,(H,29,34)/t18-/m1/s1. The number of hydrogen-bond donors (Lipinski definition) is 1. The topological polar surface area (TPSA) is 81.3 Å². The van der Waals surface area contributed by atoms with Crippen LogP contribution in [0.25, 0.3) is 21.7 Å². The molecule has 2 aromatic carbocycles. The lowest BCUT2D eigenvalue weighted by atomic mass is 9.97. The average molecular weight is 530 g/mol. The Bertz CT molecular complexity index is 1690. The molecule has 0 fully saturated rings. The van der Waals surface area contributed by atoms with Gasteiger partial charge in [0.15, 0.2) is 5.16 Å². The van der Waals surface area contributed by atoms with E-state index in [0.717, 1.165) is 58.3 Å². The number of aromatic nitrogens is 4. The average Bonchev–Trinajstić information content (AvgIpc) is 3.49. The molecule has 6 rings (SSSR count). The summed E-state index contributed by atoms with van der Waals surface area (Å²) in [6.45, 7) is 4.36. The van der Waals surface area contributed by atoms with Gasteiger partial charge in [0.2, 0.25) is 11.7 Å². The zero-order valence-corrected chi connectivity index (χ0v) is 22.4. The number of nitrogens with one attached hydrogen (secondary N) is 1. The SMILES string of the molecule is Cc1cccc(-n2c(=O)c3c4c(sc3n3c(S[C@H](C)C(=O)NCc5ccccc5)nnc23)CCCC4)c1. The molecule has 1 N–H and O–H groups in total. The summed E-state index contributed by atoms with van der Waals surface area (Å²) >= 11 is 3.03. The summed E-state index contributed by atoms with van der Waals surface area (Å²) < 4.78 is 3.65. The largest absolute Gasteiger partial charge is 0.351 e. The Hall–Kier alpha value is -3.43. The van der Waals surface area contributed by atoms with Crippen LogP contribution in [0, 0.1) is 6.92 Å². The normalized spacial score (nSPS) is 14.1. The number of thiophene rings is 1. The fourth-order valence-electron chi connectivity index (χ4n) is 4.93. The second-order valence-corrected chi connectivity index (χ2v) is 11.8. The number of fused-ring (bicyclic) bond motifs is 5. The van der Waals surface area contributed by atoms with Crippen molar-refractivity contribution in [2.24, 2.45) is 0 Å². The molecule has 1 amide bonds. The molecule has 0 aliphatic heterocycles. The summed E-state index contributed by atoms with van der Waals surface area (Å²) in [7, 11) is 0. The lowest BCUT2D eigenvalue weighted by Crippen LogP contribution is -2.30. The molecule has 3 aromatic heterocycles. The van der Waals surface area contributed by atoms with Gasteiger partial charge in [0, 0.05) is 11.4 Å². The molecule has 0 saturated heterocycles. The van der Waals surface area contributed by atoms with Crippen LogP contribution in [-0.4, -0.2) is 30.3 Å². The van der Waals surface area contributed by atoms with Crippen LogP contribution in [0.4, 0.5) is 0 Å². The smallest absolute Gasteiger partial charge is 0.268 e. The van der Waals surface area contributed by atoms with Crippen molar-refractivity contribution in [3.63, 3.8) is 0 Å². The van der Waals surface area contributed by atoms with Crippen molar-refractivity contribution < 1.29 is 4.79 Å². The Kier molecular flexibility index (Phi) is 6.34. The number of aryl methyl sites for hydroxylation is 3. The Labute approximate surface area is 222 Å². The number of rotatable bonds is 6. The van der Waals surface area contributed by atoms with E-state index in [9.17, 15) is 9.59 Å². The Morgan fingerprint density at radius 3 is 2.73 bits per heavy atom. The molecule has 188 valence electrons. The minimum Gasteiger partial charge on any atom is -0.351 e. The van der Waals surface area contributed by atoms with Crippen LogP contribution in [-0.2, 0) is 24.2 Å². The monoisotopic (exact) mass is 529 g/mol. The highest BCUT2D eigenvalue weighted by Crippen LogP contribution is 2.37. The van der Waals surface area contributed by atoms with Crippen LogP contribution >= 0.6 is 23.1 Å². The minimum absolute atomic E-state index is 0.0508. The van der Waals surface area contributed by atoms with Crippen molar-refractivity contribution in [1.82, 2.24) is 24.5 Å². The second kappa shape index (κ2) is 9.79. The first-order valence-electron chi connectivity index (χ1n) is 12.5. The Balaban J connectivity index is 1.44. The van der Waals surface area contributed by atoms with Gasteiger partial charge in [-0.15, -0.1) is 21.5 Å². The van der Waals surface area contributed by atoms with Gasteiger partial charge in [0.25, 0.3) is 5.56 Å². The molecule has 1 aliphatic carbocycles. The van der Waals surface area contributed by atoms with E-state index in [2.05, 4.69) is 15.5 Å². The van der Waals surface area contributed by atoms with Crippen molar-refractivity contribution in [1.29, 1.82) is 0 Å². The lowest BCUT2D eigenvalue weighted by Gasteiger charge is -2.13. The molecular formula is C28H27N5O2S2. The summed E-state index contributed by atoms with van der Waals surface area (Å²) in [5, 5.41) is 13.0. The maximum atomic E-state index is 14.0. The fourth-order valence-corrected chi connectivity index (χ4v) is 7.24. The molecule has 5 aromatic rings. The predicted molar refractivity (Wildman–Crippen MR) is 149 cm³/mol. The first kappa shape index (κ1) is 23.9. The first-order chi connectivity index (χ1) is 18.0. The van der Waals surface area contributed by atoms with E-state index in [1.54, 1.807) is 15.9 Å². The van der Waals surface area contributed by atoms with Crippen LogP contribution in [0.1, 0.15) is 41.3 Å². The number of thioether (sulfide) groups is 1. The van der Waals surface area contributed by atoms with Crippen LogP contribution in [0.5, 0.6) is 0 Å². The summed E-state index contributed by atoms with van der Waals surface area (Å²) in [5.41, 5.74) is 4.00. The number of benzene rings is 2. The van der Waals surface area contributed by atoms with Gasteiger partial charge in [-0.25, -0.2) is 8.97 Å². The molecule has 3 heterocycles. The highest BCUT2D eigenvalue weighted by atomic mass is 32.2. The third-order valence-corrected chi connectivity index (χ3v) is 9.13. The predicted octanol–water partition coefficient (Wildman–Crippen LogP) is 5.08. The van der Waals surface area contributed by atoms with Gasteiger partial charge in [-0.3, -0.25) is 9.59 Å². The van der Waals surface area contributed by atoms with Crippen LogP contribution in [0.2, 0.25) is 0 Å². The van der Waals surface area contributed by atoms with Crippen LogP contribution < -0.4 is 10.9 Å². The van der Waals surface area contributed by atoms with Gasteiger partial charge in [0.1, 0.15) is 4.83 Å². The van der Waals surface area contributed by atoms with Gasteiger partial charge in [-0.1, -0.05) is 54.2 Å². The number of hydrogen-bond acceptors (Lipinski definition) is 6. The molecule has 0 spiro atoms. The van der Waals surface area contributed by atoms with Gasteiger partial charge in [-0.05, 0) is 68.4 Å². The van der Waals surface area contributed by atoms with Crippen molar-refractivity contribution in [2.45, 2.75) is 56.5 Å². The highest BCUT2D eigenvalue weighted by Gasteiger charge is 2.27. The third-order valence-electron chi connectivity index (χ3n) is 6.81. The third kappa shape index (κ3) is 4.36. The summed E-state index contributed by atoms with van der Waals surface area (Å²) in [5.74, 6) is 0.403. The molecule has 0 radical (unpaired) electrons. The van der Waals surface area contributed by atoms with Crippen molar-refractivity contribution in [2.75, 3.05) is 0 Å². The molecule has 0 saturated carbocycles. The number of nitrogens with zero attached hydrogens (tertiary/aromatic N) is 4. The maximum absolute atomic E-state index is 14.0. The van der Waals surface area contributed by atoms with Crippen LogP contribution in [0.15, 0.2) is 64.5 Å². The summed E-state index contributed by atoms with van der Waals surface area (Å²) in [4.78, 5) is 29.1. The molecule has 0 unspecified atom stereocenters. The van der Waals surface area contributed by atoms with E-state index in [4.69, 9.17) is 0 Å². The number of carbonyl (C=O) groups is 1. The molecule has 1 atom stereocenters. The molecule has 7 nitrogen and oxygen atoms in total. The van der Waals surface area contributed by atoms with Crippen molar-refractivity contribution in [3.8, 4) is 5.69 Å². The summed E-state index contributed by atoms with van der Waals surface area (Å²) in [6, 6.07) is 17.7. The van der Waals surface area contributed by atoms with Crippen LogP contribution in [0.3, 0.4) is 0 Å². The van der Waals surface area contributed by atoms with E-state index in [1.165, 1.54) is 16.6 Å². The van der Waals surface area contributed by atoms with Gasteiger partial charge >= 0.3 is 0 Å². The van der Waals surface area contributed by atoms with E-state index in [1.807, 2.05) is 72.8 Å². The number of amides is 1. The zero-order valence-electron chi connectivity index (χ0n) is 20.7. The summed E-state index contributed by atoms with van der Waals surface area (Å²) in [6.07, 6.45) is 4.12. The number of carbonyl (C=O) groups excluding carboxylic acids is 1. The van der Waals surface area contributed by atoms with E-state index >= 15 is 0 Å². The molecule has 9 heteroatoms. The van der Waals surface area contributed by atoms with Gasteiger partial charge in [0.05, 0.1) is 16.3 Å². The van der Waals surface area contributed by atoms with Crippen molar-refractivity contribution in [3.05, 3.63) is 86.5 Å². The fraction of sp³-hybridized carbons (Fsp3) is 0.286. The Morgan fingerprint density at radius 2 is 1.92 bits per heavy atom. The van der Waals surface area contributed by atoms with Crippen molar-refractivity contribution >= 4 is 45.0 Å². The quantitative estimate of drug-likeness (QED) is 0.310. The molecule has 1 aliphatic rings. The minimum atomic E-state index is -0.389. The van der Waals surface area contributed by atoms with Gasteiger partial charge < -0.3 is 5.32 Å². The van der Waals surface area contributed by atoms with E-state index in [0.29, 0.717) is 17.5 Å². The second-order valence-electron chi connectivity index (χ2n) is 9.45. The zero-order chi connectivity index (χ0) is 25.5. The van der Waals surface area contributed by atoms with E-state index in [-0.39, 0.29) is 16.7 Å². The molecule has 37 heavy (non-hydrogen) atoms. The van der Waals surface area contributed by atoms with Gasteiger partial charge in [-0.2, -0.15) is 0 Å². The molecular weight excluding hydrogens is 502 g/mol.